The number of ether oxygens (including phenoxy) is 2. The van der Waals surface area contributed by atoms with Crippen molar-refractivity contribution in [1.29, 1.82) is 0 Å². The topological polar surface area (TPSA) is 148 Å². The number of aliphatic imine (C=N–C) groups is 1. The lowest BCUT2D eigenvalue weighted by atomic mass is 9.91. The van der Waals surface area contributed by atoms with Gasteiger partial charge in [-0.1, -0.05) is 0 Å². The molecule has 0 radical (unpaired) electrons. The minimum Gasteiger partial charge on any atom is -0.478 e. The van der Waals surface area contributed by atoms with E-state index in [1.807, 2.05) is 0 Å². The van der Waals surface area contributed by atoms with Crippen LogP contribution in [0.25, 0.3) is 5.78 Å². The van der Waals surface area contributed by atoms with Gasteiger partial charge >= 0.3 is 11.9 Å². The molecular formula is C19H19N5O6S. The van der Waals surface area contributed by atoms with Crippen LogP contribution >= 0.6 is 11.8 Å². The van der Waals surface area contributed by atoms with Gasteiger partial charge in [0.1, 0.15) is 5.71 Å². The third-order valence-corrected chi connectivity index (χ3v) is 6.86. The fraction of sp³-hybridized carbons (Fsp3) is 0.474. The molecule has 3 aliphatic rings. The van der Waals surface area contributed by atoms with Crippen molar-refractivity contribution in [3.63, 3.8) is 0 Å². The molecule has 31 heavy (non-hydrogen) atoms. The lowest BCUT2D eigenvalue weighted by Crippen LogP contribution is -2.37. The second-order valence-electron chi connectivity index (χ2n) is 7.53. The molecule has 1 spiro atoms. The van der Waals surface area contributed by atoms with Gasteiger partial charge in [0.05, 0.1) is 24.5 Å². The number of carbonyl (C=O) groups is 2. The molecular weight excluding hydrogens is 426 g/mol. The molecule has 1 saturated heterocycles. The van der Waals surface area contributed by atoms with E-state index in [1.54, 1.807) is 10.7 Å². The Balaban J connectivity index is 1.41. The van der Waals surface area contributed by atoms with E-state index < -0.39 is 23.0 Å². The fourth-order valence-electron chi connectivity index (χ4n) is 4.07. The summed E-state index contributed by atoms with van der Waals surface area (Å²) < 4.78 is 13.3. The molecule has 0 amide bonds. The van der Waals surface area contributed by atoms with Crippen molar-refractivity contribution >= 4 is 35.2 Å². The molecule has 0 bridgehead atoms. The molecule has 1 aliphatic carbocycles. The summed E-state index contributed by atoms with van der Waals surface area (Å²) in [6, 6.07) is 0. The van der Waals surface area contributed by atoms with Crippen LogP contribution in [0.1, 0.15) is 23.5 Å². The Labute approximate surface area is 180 Å². The van der Waals surface area contributed by atoms with E-state index >= 15 is 0 Å². The monoisotopic (exact) mass is 445 g/mol. The van der Waals surface area contributed by atoms with E-state index in [4.69, 9.17) is 9.47 Å². The molecule has 1 unspecified atom stereocenters. The summed E-state index contributed by atoms with van der Waals surface area (Å²) in [5, 5.41) is 22.8. The lowest BCUT2D eigenvalue weighted by molar-refractivity contribution is -0.164. The maximum absolute atomic E-state index is 11.7. The number of aromatic nitrogens is 4. The first-order valence-electron chi connectivity index (χ1n) is 9.79. The van der Waals surface area contributed by atoms with Gasteiger partial charge in [0.25, 0.3) is 5.78 Å². The SMILES string of the molecule is O=C(O)C1=CN=C(C(=O)O)CSC1Cc1nc2ncc3c(n2n1)CCC1(C3)OCCO1. The second kappa shape index (κ2) is 7.70. The van der Waals surface area contributed by atoms with E-state index in [1.165, 1.54) is 11.8 Å². The maximum atomic E-state index is 11.7. The molecule has 12 heteroatoms. The van der Waals surface area contributed by atoms with Crippen LogP contribution in [0.15, 0.2) is 23.0 Å². The Morgan fingerprint density at radius 3 is 2.81 bits per heavy atom. The average molecular weight is 445 g/mol. The van der Waals surface area contributed by atoms with Gasteiger partial charge in [-0.3, -0.25) is 4.99 Å². The molecule has 162 valence electrons. The number of nitrogens with zero attached hydrogens (tertiary/aromatic N) is 5. The molecule has 2 N–H and O–H groups in total. The Hall–Kier alpha value is -2.83. The summed E-state index contributed by atoms with van der Waals surface area (Å²) in [6.45, 7) is 1.18. The summed E-state index contributed by atoms with van der Waals surface area (Å²) in [5.41, 5.74) is 1.92. The molecule has 0 aromatic carbocycles. The molecule has 5 rings (SSSR count). The van der Waals surface area contributed by atoms with Crippen molar-refractivity contribution in [2.75, 3.05) is 19.0 Å². The predicted molar refractivity (Wildman–Crippen MR) is 108 cm³/mol. The number of thioether (sulfide) groups is 1. The zero-order valence-electron chi connectivity index (χ0n) is 16.4. The number of carboxylic acids is 2. The van der Waals surface area contributed by atoms with E-state index in [9.17, 15) is 19.8 Å². The highest BCUT2D eigenvalue weighted by Crippen LogP contribution is 2.35. The summed E-state index contributed by atoms with van der Waals surface area (Å²) in [7, 11) is 0. The molecule has 4 heterocycles. The van der Waals surface area contributed by atoms with Crippen molar-refractivity contribution in [2.24, 2.45) is 4.99 Å². The quantitative estimate of drug-likeness (QED) is 0.682. The van der Waals surface area contributed by atoms with Crippen molar-refractivity contribution in [1.82, 2.24) is 19.6 Å². The first kappa shape index (κ1) is 20.1. The van der Waals surface area contributed by atoms with Gasteiger partial charge < -0.3 is 19.7 Å². The van der Waals surface area contributed by atoms with Gasteiger partial charge in [-0.15, -0.1) is 16.9 Å². The van der Waals surface area contributed by atoms with Crippen LogP contribution in [-0.4, -0.2) is 77.4 Å². The number of hydrogen-bond acceptors (Lipinski definition) is 9. The Kier molecular flexibility index (Phi) is 4.99. The highest BCUT2D eigenvalue weighted by molar-refractivity contribution is 8.00. The number of rotatable bonds is 4. The van der Waals surface area contributed by atoms with Crippen LogP contribution in [0.5, 0.6) is 0 Å². The zero-order valence-corrected chi connectivity index (χ0v) is 17.2. The number of fused-ring (bicyclic) bond motifs is 3. The van der Waals surface area contributed by atoms with Crippen molar-refractivity contribution < 1.29 is 29.3 Å². The van der Waals surface area contributed by atoms with Crippen molar-refractivity contribution in [2.45, 2.75) is 36.7 Å². The normalized spacial score (nSPS) is 22.6. The fourth-order valence-corrected chi connectivity index (χ4v) is 5.23. The van der Waals surface area contributed by atoms with Crippen LogP contribution in [0.3, 0.4) is 0 Å². The number of aliphatic carboxylic acids is 2. The molecule has 11 nitrogen and oxygen atoms in total. The number of aryl methyl sites for hydroxylation is 1. The largest absolute Gasteiger partial charge is 0.478 e. The van der Waals surface area contributed by atoms with Gasteiger partial charge in [0, 0.05) is 42.7 Å². The molecule has 2 aromatic heterocycles. The summed E-state index contributed by atoms with van der Waals surface area (Å²) in [4.78, 5) is 35.6. The van der Waals surface area contributed by atoms with Crippen LogP contribution in [0.4, 0.5) is 0 Å². The van der Waals surface area contributed by atoms with Gasteiger partial charge in [0.15, 0.2) is 11.6 Å². The minimum absolute atomic E-state index is 0.0209. The Morgan fingerprint density at radius 2 is 2.06 bits per heavy atom. The second-order valence-corrected chi connectivity index (χ2v) is 8.72. The first-order chi connectivity index (χ1) is 14.9. The predicted octanol–water partition coefficient (Wildman–Crippen LogP) is 0.508. The van der Waals surface area contributed by atoms with E-state index in [0.717, 1.165) is 17.5 Å². The zero-order chi connectivity index (χ0) is 21.6. The average Bonchev–Trinajstić information content (AvgIpc) is 3.29. The standard InChI is InChI=1S/C19H19N5O6S/c25-16(26)11-8-20-12(17(27)28)9-31-14(11)5-15-22-18-21-7-10-6-19(29-3-4-30-19)2-1-13(10)24(18)23-15/h7-8,14H,1-6,9H2,(H,25,26)(H,27,28). The third-order valence-electron chi connectivity index (χ3n) is 5.60. The van der Waals surface area contributed by atoms with E-state index in [0.29, 0.717) is 44.1 Å². The van der Waals surface area contributed by atoms with Crippen LogP contribution in [0, 0.1) is 0 Å². The lowest BCUT2D eigenvalue weighted by Gasteiger charge is -2.32. The first-order valence-corrected chi connectivity index (χ1v) is 10.8. The van der Waals surface area contributed by atoms with Crippen molar-refractivity contribution in [3.8, 4) is 0 Å². The number of hydrogen-bond donors (Lipinski definition) is 2. The van der Waals surface area contributed by atoms with Crippen LogP contribution < -0.4 is 0 Å². The van der Waals surface area contributed by atoms with Gasteiger partial charge in [0.2, 0.25) is 0 Å². The molecule has 2 aromatic rings. The molecule has 1 atom stereocenters. The van der Waals surface area contributed by atoms with Gasteiger partial charge in [-0.2, -0.15) is 4.98 Å². The van der Waals surface area contributed by atoms with Gasteiger partial charge in [-0.05, 0) is 12.0 Å². The molecule has 2 aliphatic heterocycles. The number of carboxylic acid groups (broad SMARTS) is 2. The van der Waals surface area contributed by atoms with Gasteiger partial charge in [-0.25, -0.2) is 19.1 Å². The van der Waals surface area contributed by atoms with E-state index in [-0.39, 0.29) is 23.5 Å². The smallest absolute Gasteiger partial charge is 0.351 e. The van der Waals surface area contributed by atoms with Crippen molar-refractivity contribution in [3.05, 3.63) is 35.1 Å². The maximum Gasteiger partial charge on any atom is 0.351 e. The van der Waals surface area contributed by atoms with E-state index in [2.05, 4.69) is 20.1 Å². The summed E-state index contributed by atoms with van der Waals surface area (Å²) >= 11 is 1.20. The highest BCUT2D eigenvalue weighted by atomic mass is 32.2. The van der Waals surface area contributed by atoms with Crippen LogP contribution in [-0.2, 0) is 38.3 Å². The minimum atomic E-state index is -1.16. The Morgan fingerprint density at radius 1 is 1.26 bits per heavy atom. The third kappa shape index (κ3) is 3.70. The van der Waals surface area contributed by atoms with Crippen LogP contribution in [0.2, 0.25) is 0 Å². The molecule has 1 fully saturated rings. The Bertz CT molecular complexity index is 1140. The summed E-state index contributed by atoms with van der Waals surface area (Å²) in [5.74, 6) is -1.90. The molecule has 0 saturated carbocycles. The summed E-state index contributed by atoms with van der Waals surface area (Å²) in [6.07, 6.45) is 5.12. The highest BCUT2D eigenvalue weighted by Gasteiger charge is 2.41.